The molecule has 1 aromatic heterocycles. The third-order valence-electron chi connectivity index (χ3n) is 3.05. The number of piperidine rings is 1. The molecule has 17 heavy (non-hydrogen) atoms. The largest absolute Gasteiger partial charge is 0.355 e. The molecule has 1 fully saturated rings. The standard InChI is InChI=1S/C13H19N3O/c1-10-5-6-14-13(8-10)16-7-3-4-12(9-16)15-11(2)17/h5-6,8,12H,3-4,7,9H2,1-2H3,(H,15,17). The number of aryl methyl sites for hydroxylation is 1. The van der Waals surface area contributed by atoms with Crippen LogP contribution in [0.25, 0.3) is 0 Å². The second-order valence-corrected chi connectivity index (χ2v) is 4.68. The Bertz CT molecular complexity index is 405. The highest BCUT2D eigenvalue weighted by Crippen LogP contribution is 2.18. The van der Waals surface area contributed by atoms with E-state index < -0.39 is 0 Å². The van der Waals surface area contributed by atoms with Gasteiger partial charge in [-0.05, 0) is 37.5 Å². The predicted octanol–water partition coefficient (Wildman–Crippen LogP) is 1.49. The minimum Gasteiger partial charge on any atom is -0.355 e. The second kappa shape index (κ2) is 5.17. The van der Waals surface area contributed by atoms with Crippen molar-refractivity contribution in [3.05, 3.63) is 23.9 Å². The van der Waals surface area contributed by atoms with Gasteiger partial charge < -0.3 is 10.2 Å². The van der Waals surface area contributed by atoms with Gasteiger partial charge in [-0.2, -0.15) is 0 Å². The number of carbonyl (C=O) groups excluding carboxylic acids is 1. The molecule has 0 radical (unpaired) electrons. The van der Waals surface area contributed by atoms with E-state index in [1.807, 2.05) is 12.3 Å². The fraction of sp³-hybridized carbons (Fsp3) is 0.538. The van der Waals surface area contributed by atoms with Crippen molar-refractivity contribution in [2.45, 2.75) is 32.7 Å². The van der Waals surface area contributed by atoms with Gasteiger partial charge >= 0.3 is 0 Å². The Morgan fingerprint density at radius 3 is 3.12 bits per heavy atom. The van der Waals surface area contributed by atoms with Crippen LogP contribution in [0.1, 0.15) is 25.3 Å². The summed E-state index contributed by atoms with van der Waals surface area (Å²) in [4.78, 5) is 17.7. The van der Waals surface area contributed by atoms with Crippen molar-refractivity contribution in [3.63, 3.8) is 0 Å². The third-order valence-corrected chi connectivity index (χ3v) is 3.05. The minimum absolute atomic E-state index is 0.0500. The van der Waals surface area contributed by atoms with E-state index in [2.05, 4.69) is 28.2 Å². The van der Waals surface area contributed by atoms with Gasteiger partial charge in [0.2, 0.25) is 5.91 Å². The maximum absolute atomic E-state index is 11.1. The molecule has 0 spiro atoms. The lowest BCUT2D eigenvalue weighted by molar-refractivity contribution is -0.119. The molecule has 92 valence electrons. The Hall–Kier alpha value is -1.58. The first kappa shape index (κ1) is 11.9. The summed E-state index contributed by atoms with van der Waals surface area (Å²) >= 11 is 0. The lowest BCUT2D eigenvalue weighted by atomic mass is 10.1. The summed E-state index contributed by atoms with van der Waals surface area (Å²) in [7, 11) is 0. The van der Waals surface area contributed by atoms with E-state index in [9.17, 15) is 4.79 Å². The van der Waals surface area contributed by atoms with Crippen molar-refractivity contribution in [2.24, 2.45) is 0 Å². The molecule has 1 saturated heterocycles. The highest BCUT2D eigenvalue weighted by atomic mass is 16.1. The summed E-state index contributed by atoms with van der Waals surface area (Å²) in [6.07, 6.45) is 4.00. The average molecular weight is 233 g/mol. The number of amides is 1. The second-order valence-electron chi connectivity index (χ2n) is 4.68. The number of hydrogen-bond acceptors (Lipinski definition) is 3. The molecule has 2 heterocycles. The Balaban J connectivity index is 2.04. The normalized spacial score (nSPS) is 20.1. The first-order valence-corrected chi connectivity index (χ1v) is 6.10. The Labute approximate surface area is 102 Å². The van der Waals surface area contributed by atoms with Crippen LogP contribution in [-0.2, 0) is 4.79 Å². The fourth-order valence-electron chi connectivity index (χ4n) is 2.28. The van der Waals surface area contributed by atoms with Crippen molar-refractivity contribution in [2.75, 3.05) is 18.0 Å². The van der Waals surface area contributed by atoms with Gasteiger partial charge in [0.15, 0.2) is 0 Å². The van der Waals surface area contributed by atoms with Crippen molar-refractivity contribution in [1.82, 2.24) is 10.3 Å². The summed E-state index contributed by atoms with van der Waals surface area (Å²) in [6, 6.07) is 4.35. The minimum atomic E-state index is 0.0500. The van der Waals surface area contributed by atoms with Crippen LogP contribution in [0.5, 0.6) is 0 Å². The molecule has 1 atom stereocenters. The monoisotopic (exact) mass is 233 g/mol. The van der Waals surface area contributed by atoms with Crippen LogP contribution >= 0.6 is 0 Å². The summed E-state index contributed by atoms with van der Waals surface area (Å²) < 4.78 is 0. The topological polar surface area (TPSA) is 45.2 Å². The van der Waals surface area contributed by atoms with E-state index in [1.165, 1.54) is 5.56 Å². The van der Waals surface area contributed by atoms with Gasteiger partial charge in [-0.15, -0.1) is 0 Å². The molecule has 0 aromatic carbocycles. The van der Waals surface area contributed by atoms with Crippen molar-refractivity contribution >= 4 is 11.7 Å². The zero-order valence-corrected chi connectivity index (χ0v) is 10.4. The van der Waals surface area contributed by atoms with Crippen LogP contribution in [0, 0.1) is 6.92 Å². The highest BCUT2D eigenvalue weighted by Gasteiger charge is 2.21. The maximum Gasteiger partial charge on any atom is 0.217 e. The SMILES string of the molecule is CC(=O)NC1CCCN(c2cc(C)ccn2)C1. The van der Waals surface area contributed by atoms with E-state index in [4.69, 9.17) is 0 Å². The molecule has 0 aliphatic carbocycles. The molecular weight excluding hydrogens is 214 g/mol. The van der Waals surface area contributed by atoms with Gasteiger partial charge in [0.1, 0.15) is 5.82 Å². The van der Waals surface area contributed by atoms with Crippen LogP contribution < -0.4 is 10.2 Å². The number of nitrogens with zero attached hydrogens (tertiary/aromatic N) is 2. The average Bonchev–Trinajstić information content (AvgIpc) is 2.28. The van der Waals surface area contributed by atoms with Gasteiger partial charge in [0, 0.05) is 32.3 Å². The molecular formula is C13H19N3O. The third kappa shape index (κ3) is 3.19. The van der Waals surface area contributed by atoms with Gasteiger partial charge in [-0.25, -0.2) is 4.98 Å². The molecule has 1 N–H and O–H groups in total. The summed E-state index contributed by atoms with van der Waals surface area (Å²) in [5.74, 6) is 1.06. The number of nitrogens with one attached hydrogen (secondary N) is 1. The molecule has 2 rings (SSSR count). The zero-order valence-electron chi connectivity index (χ0n) is 10.4. The van der Waals surface area contributed by atoms with E-state index in [0.717, 1.165) is 31.7 Å². The van der Waals surface area contributed by atoms with Crippen LogP contribution in [-0.4, -0.2) is 30.0 Å². The van der Waals surface area contributed by atoms with E-state index in [-0.39, 0.29) is 11.9 Å². The van der Waals surface area contributed by atoms with Gasteiger partial charge in [0.25, 0.3) is 0 Å². The number of aromatic nitrogens is 1. The van der Waals surface area contributed by atoms with Crippen molar-refractivity contribution in [1.29, 1.82) is 0 Å². The summed E-state index contributed by atoms with van der Waals surface area (Å²) in [5.41, 5.74) is 1.22. The molecule has 1 aliphatic heterocycles. The highest BCUT2D eigenvalue weighted by molar-refractivity contribution is 5.73. The van der Waals surface area contributed by atoms with Gasteiger partial charge in [-0.3, -0.25) is 4.79 Å². The molecule has 1 aliphatic rings. The van der Waals surface area contributed by atoms with Crippen molar-refractivity contribution < 1.29 is 4.79 Å². The van der Waals surface area contributed by atoms with E-state index in [0.29, 0.717) is 0 Å². The molecule has 0 bridgehead atoms. The molecule has 4 nitrogen and oxygen atoms in total. The number of carbonyl (C=O) groups is 1. The molecule has 1 aromatic rings. The van der Waals surface area contributed by atoms with Gasteiger partial charge in [-0.1, -0.05) is 0 Å². The number of pyridine rings is 1. The maximum atomic E-state index is 11.1. The van der Waals surface area contributed by atoms with E-state index >= 15 is 0 Å². The van der Waals surface area contributed by atoms with Crippen LogP contribution in [0.15, 0.2) is 18.3 Å². The van der Waals surface area contributed by atoms with Crippen LogP contribution in [0.2, 0.25) is 0 Å². The summed E-state index contributed by atoms with van der Waals surface area (Å²) in [6.45, 7) is 5.52. The zero-order chi connectivity index (χ0) is 12.3. The fourth-order valence-corrected chi connectivity index (χ4v) is 2.28. The number of hydrogen-bond donors (Lipinski definition) is 1. The first-order chi connectivity index (χ1) is 8.15. The molecule has 1 amide bonds. The summed E-state index contributed by atoms with van der Waals surface area (Å²) in [5, 5.41) is 2.99. The van der Waals surface area contributed by atoms with Gasteiger partial charge in [0.05, 0.1) is 0 Å². The molecule has 1 unspecified atom stereocenters. The molecule has 4 heteroatoms. The number of rotatable bonds is 2. The van der Waals surface area contributed by atoms with E-state index in [1.54, 1.807) is 6.92 Å². The Morgan fingerprint density at radius 2 is 2.41 bits per heavy atom. The van der Waals surface area contributed by atoms with Crippen molar-refractivity contribution in [3.8, 4) is 0 Å². The molecule has 0 saturated carbocycles. The number of anilines is 1. The first-order valence-electron chi connectivity index (χ1n) is 6.10. The van der Waals surface area contributed by atoms with Crippen LogP contribution in [0.3, 0.4) is 0 Å². The quantitative estimate of drug-likeness (QED) is 0.842. The Kier molecular flexibility index (Phi) is 3.61. The van der Waals surface area contributed by atoms with Crippen LogP contribution in [0.4, 0.5) is 5.82 Å². The lowest BCUT2D eigenvalue weighted by Gasteiger charge is -2.33. The lowest BCUT2D eigenvalue weighted by Crippen LogP contribution is -2.47. The predicted molar refractivity (Wildman–Crippen MR) is 68.0 cm³/mol. The smallest absolute Gasteiger partial charge is 0.217 e. The Morgan fingerprint density at radius 1 is 1.59 bits per heavy atom.